The third kappa shape index (κ3) is 6.73. The Bertz CT molecular complexity index is 1460. The second kappa shape index (κ2) is 12.4. The molecule has 1 aromatic carbocycles. The number of aliphatic hydroxyl groups excluding tert-OH is 1. The zero-order valence-corrected chi connectivity index (χ0v) is 23.6. The molecule has 13 heteroatoms. The van der Waals surface area contributed by atoms with Crippen LogP contribution in [-0.4, -0.2) is 75.5 Å². The number of hydrogen-bond donors (Lipinski definition) is 4. The molecule has 4 aromatic rings. The van der Waals surface area contributed by atoms with Gasteiger partial charge in [-0.25, -0.2) is 19.7 Å². The lowest BCUT2D eigenvalue weighted by atomic mass is 10.1. The van der Waals surface area contributed by atoms with E-state index in [0.717, 1.165) is 53.1 Å². The molecule has 4 N–H and O–H groups in total. The molecule has 1 aliphatic rings. The fourth-order valence-corrected chi connectivity index (χ4v) is 5.28. The molecule has 0 aliphatic carbocycles. The number of carbonyl (C=O) groups excluding carboxylic acids is 1. The molecule has 40 heavy (non-hydrogen) atoms. The van der Waals surface area contributed by atoms with Crippen molar-refractivity contribution in [2.45, 2.75) is 27.2 Å². The van der Waals surface area contributed by atoms with Gasteiger partial charge in [-0.3, -0.25) is 10.2 Å². The number of nitrogens with one attached hydrogen (secondary N) is 3. The summed E-state index contributed by atoms with van der Waals surface area (Å²) in [6.45, 7) is 10.1. The molecule has 1 saturated heterocycles. The molecule has 1 fully saturated rings. The van der Waals surface area contributed by atoms with Crippen LogP contribution in [0, 0.1) is 13.8 Å². The number of benzene rings is 1. The van der Waals surface area contributed by atoms with Gasteiger partial charge in [-0.15, -0.1) is 0 Å². The van der Waals surface area contributed by atoms with Gasteiger partial charge in [0.15, 0.2) is 10.9 Å². The molecule has 5 rings (SSSR count). The lowest BCUT2D eigenvalue weighted by Crippen LogP contribution is -2.47. The Hall–Kier alpha value is -4.07. The summed E-state index contributed by atoms with van der Waals surface area (Å²) in [5.41, 5.74) is 2.61. The number of hydrogen-bond acceptors (Lipinski definition) is 11. The van der Waals surface area contributed by atoms with E-state index in [1.165, 1.54) is 11.3 Å². The van der Waals surface area contributed by atoms with E-state index in [-0.39, 0.29) is 12.6 Å². The maximum atomic E-state index is 12.4. The topological polar surface area (TPSA) is 145 Å². The summed E-state index contributed by atoms with van der Waals surface area (Å²) in [6.07, 6.45) is 2.53. The van der Waals surface area contributed by atoms with Crippen LogP contribution in [0.25, 0.3) is 10.4 Å². The molecule has 0 spiro atoms. The van der Waals surface area contributed by atoms with Crippen LogP contribution in [0.5, 0.6) is 0 Å². The van der Waals surface area contributed by atoms with Crippen molar-refractivity contribution in [2.75, 3.05) is 60.2 Å². The van der Waals surface area contributed by atoms with Crippen molar-refractivity contribution in [1.29, 1.82) is 0 Å². The summed E-state index contributed by atoms with van der Waals surface area (Å²) in [5, 5.41) is 22.6. The van der Waals surface area contributed by atoms with Crippen molar-refractivity contribution in [3.8, 4) is 10.4 Å². The van der Waals surface area contributed by atoms with Crippen LogP contribution in [0.3, 0.4) is 0 Å². The minimum Gasteiger partial charge on any atom is -0.395 e. The summed E-state index contributed by atoms with van der Waals surface area (Å²) in [5.74, 6) is 3.35. The molecular formula is C27H33N9O3S. The average molecular weight is 564 g/mol. The van der Waals surface area contributed by atoms with Gasteiger partial charge in [-0.2, -0.15) is 0 Å². The Labute approximate surface area is 236 Å². The van der Waals surface area contributed by atoms with Crippen LogP contribution in [0.1, 0.15) is 24.1 Å². The second-order valence-corrected chi connectivity index (χ2v) is 10.5. The summed E-state index contributed by atoms with van der Waals surface area (Å²) in [6, 6.07) is 9.11. The number of amides is 2. The van der Waals surface area contributed by atoms with Gasteiger partial charge in [-0.1, -0.05) is 29.5 Å². The van der Waals surface area contributed by atoms with Crippen LogP contribution < -0.4 is 20.9 Å². The first-order valence-electron chi connectivity index (χ1n) is 13.2. The molecule has 2 amide bonds. The Kier molecular flexibility index (Phi) is 8.53. The highest BCUT2D eigenvalue weighted by Gasteiger charge is 2.19. The summed E-state index contributed by atoms with van der Waals surface area (Å²) < 4.78 is 5.12. The molecule has 0 unspecified atom stereocenters. The quantitative estimate of drug-likeness (QED) is 0.233. The van der Waals surface area contributed by atoms with Gasteiger partial charge in [0, 0.05) is 63.2 Å². The van der Waals surface area contributed by atoms with Crippen LogP contribution in [-0.2, 0) is 6.42 Å². The summed E-state index contributed by atoms with van der Waals surface area (Å²) in [4.78, 5) is 31.6. The maximum absolute atomic E-state index is 12.4. The number of aromatic nitrogens is 4. The number of carbonyl (C=O) groups is 1. The van der Waals surface area contributed by atoms with Crippen molar-refractivity contribution in [3.05, 3.63) is 53.7 Å². The highest BCUT2D eigenvalue weighted by Crippen LogP contribution is 2.33. The molecule has 12 nitrogen and oxygen atoms in total. The zero-order chi connectivity index (χ0) is 28.1. The third-order valence-electron chi connectivity index (χ3n) is 6.59. The van der Waals surface area contributed by atoms with E-state index in [2.05, 4.69) is 45.9 Å². The van der Waals surface area contributed by atoms with Crippen LogP contribution in [0.15, 0.2) is 41.1 Å². The van der Waals surface area contributed by atoms with Gasteiger partial charge in [0.1, 0.15) is 23.2 Å². The van der Waals surface area contributed by atoms with E-state index in [4.69, 9.17) is 4.52 Å². The van der Waals surface area contributed by atoms with Crippen molar-refractivity contribution in [2.24, 2.45) is 0 Å². The summed E-state index contributed by atoms with van der Waals surface area (Å²) >= 11 is 1.52. The van der Waals surface area contributed by atoms with E-state index >= 15 is 0 Å². The lowest BCUT2D eigenvalue weighted by molar-refractivity contribution is 0.188. The molecule has 4 heterocycles. The van der Waals surface area contributed by atoms with E-state index in [1.54, 1.807) is 6.07 Å². The van der Waals surface area contributed by atoms with Gasteiger partial charge in [0.25, 0.3) is 0 Å². The van der Waals surface area contributed by atoms with Crippen molar-refractivity contribution in [3.63, 3.8) is 0 Å². The van der Waals surface area contributed by atoms with E-state index in [1.807, 2.05) is 51.2 Å². The predicted octanol–water partition coefficient (Wildman–Crippen LogP) is 4.27. The van der Waals surface area contributed by atoms with Gasteiger partial charge < -0.3 is 25.2 Å². The number of aliphatic hydroxyl groups is 1. The second-order valence-electron chi connectivity index (χ2n) is 9.51. The smallest absolute Gasteiger partial charge is 0.324 e. The third-order valence-corrected chi connectivity index (χ3v) is 7.55. The fraction of sp³-hybridized carbons (Fsp3) is 0.370. The first-order chi connectivity index (χ1) is 19.4. The molecule has 0 saturated carbocycles. The van der Waals surface area contributed by atoms with E-state index < -0.39 is 0 Å². The first kappa shape index (κ1) is 27.5. The maximum Gasteiger partial charge on any atom is 0.324 e. The van der Waals surface area contributed by atoms with Crippen LogP contribution in [0.4, 0.5) is 33.1 Å². The van der Waals surface area contributed by atoms with Crippen molar-refractivity contribution >= 4 is 45.6 Å². The fourth-order valence-electron chi connectivity index (χ4n) is 4.46. The Morgan fingerprint density at radius 1 is 1.07 bits per heavy atom. The predicted molar refractivity (Wildman–Crippen MR) is 157 cm³/mol. The number of piperazine rings is 1. The molecule has 0 radical (unpaired) electrons. The average Bonchev–Trinajstić information content (AvgIpc) is 3.59. The van der Waals surface area contributed by atoms with E-state index in [9.17, 15) is 9.90 Å². The van der Waals surface area contributed by atoms with Gasteiger partial charge in [0.05, 0.1) is 11.5 Å². The normalized spacial score (nSPS) is 13.8. The van der Waals surface area contributed by atoms with Crippen LogP contribution >= 0.6 is 11.3 Å². The van der Waals surface area contributed by atoms with Crippen molar-refractivity contribution < 1.29 is 14.4 Å². The Morgan fingerprint density at radius 3 is 2.62 bits per heavy atom. The number of nitrogens with zero attached hydrogens (tertiary/aromatic N) is 6. The molecule has 1 aliphatic heterocycles. The summed E-state index contributed by atoms with van der Waals surface area (Å²) in [7, 11) is 0. The standard InChI is InChI=1S/C27H33N9O3S/c1-4-20-14-24(34-39-20)32-26(38)31-21-6-5-19(13-17(21)2)22-16-28-27(40-22)33-23-15-25(30-18(3)29-23)36-9-7-35(8-10-36)11-12-37/h5-6,13-16,37H,4,7-12H2,1-3H3,(H,28,29,30,33)(H2,31,32,34,38). The Morgan fingerprint density at radius 2 is 1.90 bits per heavy atom. The monoisotopic (exact) mass is 563 g/mol. The minimum atomic E-state index is -0.386. The van der Waals surface area contributed by atoms with Gasteiger partial charge >= 0.3 is 6.03 Å². The molecule has 0 bridgehead atoms. The highest BCUT2D eigenvalue weighted by molar-refractivity contribution is 7.18. The number of urea groups is 1. The zero-order valence-electron chi connectivity index (χ0n) is 22.8. The molecule has 210 valence electrons. The van der Waals surface area contributed by atoms with Gasteiger partial charge in [-0.05, 0) is 37.1 Å². The lowest BCUT2D eigenvalue weighted by Gasteiger charge is -2.35. The first-order valence-corrected chi connectivity index (χ1v) is 14.0. The molecular weight excluding hydrogens is 530 g/mol. The van der Waals surface area contributed by atoms with E-state index in [0.29, 0.717) is 41.9 Å². The number of aryl methyl sites for hydroxylation is 3. The minimum absolute atomic E-state index is 0.179. The van der Waals surface area contributed by atoms with Crippen LogP contribution in [0.2, 0.25) is 0 Å². The number of rotatable bonds is 9. The Balaban J connectivity index is 1.22. The number of anilines is 5. The molecule has 0 atom stereocenters. The number of β-amino-alcohol motifs (C(OH)–C–C–N with tert-alkyl or cyclic N) is 1. The number of thiazole rings is 1. The SMILES string of the molecule is CCc1cc(NC(=O)Nc2ccc(-c3cnc(Nc4cc(N5CCN(CCO)CC5)nc(C)n4)s3)cc2C)no1. The molecule has 3 aromatic heterocycles. The van der Waals surface area contributed by atoms with Crippen molar-refractivity contribution in [1.82, 2.24) is 25.0 Å². The highest BCUT2D eigenvalue weighted by atomic mass is 32.1. The van der Waals surface area contributed by atoms with Gasteiger partial charge in [0.2, 0.25) is 0 Å². The largest absolute Gasteiger partial charge is 0.395 e.